The van der Waals surface area contributed by atoms with Gasteiger partial charge in [0.05, 0.1) is 10.9 Å². The van der Waals surface area contributed by atoms with Gasteiger partial charge in [-0.1, -0.05) is 229 Å². The number of hydrogen-bond acceptors (Lipinski definition) is 4. The topological polar surface area (TPSA) is 51.6 Å². The number of aromatic nitrogens is 4. The molecule has 4 nitrogen and oxygen atoms in total. The van der Waals surface area contributed by atoms with Crippen molar-refractivity contribution >= 4 is 10.9 Å². The second-order valence-electron chi connectivity index (χ2n) is 21.5. The first-order valence-corrected chi connectivity index (χ1v) is 27.3. The van der Waals surface area contributed by atoms with E-state index in [4.69, 9.17) is 19.9 Å². The van der Waals surface area contributed by atoms with Crippen LogP contribution in [0.2, 0.25) is 0 Å². The fourth-order valence-corrected chi connectivity index (χ4v) is 12.9. The van der Waals surface area contributed by atoms with Crippen molar-refractivity contribution in [2.24, 2.45) is 0 Å². The molecule has 0 saturated carbocycles. The summed E-state index contributed by atoms with van der Waals surface area (Å²) in [4.78, 5) is 22.0. The average Bonchev–Trinajstić information content (AvgIpc) is 4.09. The third-order valence-electron chi connectivity index (χ3n) is 16.7. The zero-order chi connectivity index (χ0) is 50.0. The number of unbranched alkanes of at least 4 members (excludes halogenated alkanes) is 6. The van der Waals surface area contributed by atoms with Crippen LogP contribution in [0.4, 0.5) is 0 Å². The van der Waals surface area contributed by atoms with Crippen molar-refractivity contribution in [3.05, 3.63) is 226 Å². The summed E-state index contributed by atoms with van der Waals surface area (Å²) in [6.45, 7) is 9.23. The van der Waals surface area contributed by atoms with Crippen LogP contribution in [0, 0.1) is 6.07 Å². The van der Waals surface area contributed by atoms with Gasteiger partial charge in [-0.2, -0.15) is 0 Å². The maximum absolute atomic E-state index is 5.74. The fourth-order valence-electron chi connectivity index (χ4n) is 12.9. The fraction of sp³-hybridized carbons (Fsp3) is 0.229. The molecule has 0 saturated heterocycles. The average molecular weight is 1150 g/mol. The maximum atomic E-state index is 5.74. The summed E-state index contributed by atoms with van der Waals surface area (Å²) < 4.78 is 0. The molecule has 0 N–H and O–H groups in total. The maximum Gasteiger partial charge on any atom is 0.164 e. The van der Waals surface area contributed by atoms with Crippen LogP contribution in [-0.2, 0) is 43.8 Å². The second-order valence-corrected chi connectivity index (χ2v) is 21.5. The molecule has 0 fully saturated rings. The number of fused-ring (bicyclic) bond motifs is 14. The van der Waals surface area contributed by atoms with Gasteiger partial charge in [0.1, 0.15) is 0 Å². The molecule has 0 unspecified atom stereocenters. The summed E-state index contributed by atoms with van der Waals surface area (Å²) in [6, 6.07) is 69.0. The molecule has 371 valence electrons. The zero-order valence-corrected chi connectivity index (χ0v) is 45.8. The summed E-state index contributed by atoms with van der Waals surface area (Å²) in [5, 5.41) is 1.01. The van der Waals surface area contributed by atoms with Crippen molar-refractivity contribution in [2.75, 3.05) is 0 Å². The Morgan fingerprint density at radius 2 is 0.907 bits per heavy atom. The molecule has 13 rings (SSSR count). The first kappa shape index (κ1) is 48.8. The second kappa shape index (κ2) is 19.8. The Balaban J connectivity index is 0.00000569. The molecular formula is C70H61IrN4-. The van der Waals surface area contributed by atoms with E-state index in [1.165, 1.54) is 129 Å². The Morgan fingerprint density at radius 3 is 1.47 bits per heavy atom. The zero-order valence-electron chi connectivity index (χ0n) is 43.4. The van der Waals surface area contributed by atoms with Gasteiger partial charge in [0.2, 0.25) is 0 Å². The quantitative estimate of drug-likeness (QED) is 0.0804. The van der Waals surface area contributed by atoms with Crippen molar-refractivity contribution in [1.29, 1.82) is 0 Å². The minimum Gasteiger partial charge on any atom is -0.296 e. The van der Waals surface area contributed by atoms with E-state index in [-0.39, 0.29) is 25.5 Å². The van der Waals surface area contributed by atoms with E-state index in [9.17, 15) is 0 Å². The van der Waals surface area contributed by atoms with Crippen molar-refractivity contribution < 1.29 is 20.1 Å². The third kappa shape index (κ3) is 8.05. The van der Waals surface area contributed by atoms with Crippen molar-refractivity contribution in [3.8, 4) is 78.8 Å². The Hall–Kier alpha value is -7.17. The third-order valence-corrected chi connectivity index (χ3v) is 16.7. The van der Waals surface area contributed by atoms with Crippen LogP contribution in [-0.4, -0.2) is 19.9 Å². The van der Waals surface area contributed by atoms with Crippen LogP contribution >= 0.6 is 0 Å². The molecule has 0 amide bonds. The number of aryl methyl sites for hydroxylation is 2. The molecule has 0 atom stereocenters. The minimum atomic E-state index is -0.493. The van der Waals surface area contributed by atoms with E-state index in [1.54, 1.807) is 0 Å². The number of pyridine rings is 1. The molecule has 3 aliphatic carbocycles. The van der Waals surface area contributed by atoms with Gasteiger partial charge in [0, 0.05) is 47.6 Å². The van der Waals surface area contributed by atoms with Crippen LogP contribution in [0.1, 0.15) is 124 Å². The van der Waals surface area contributed by atoms with Crippen molar-refractivity contribution in [3.63, 3.8) is 0 Å². The molecule has 5 heteroatoms. The molecule has 8 aromatic carbocycles. The number of benzene rings is 8. The van der Waals surface area contributed by atoms with Gasteiger partial charge in [0.15, 0.2) is 17.5 Å². The standard InChI is InChI=1S/C70H61N4.Ir/c1-5-7-9-11-22-45-34-38-47(39-35-45)66-72-67(48-40-36-46(37-41-48)23-12-10-8-6-2)74-68(73-66)56-43-63(71-64-44-62-54(42-55(56)64)51-26-13-17-29-57(51)69(62,3)4)53-28-21-33-61-65(53)52-27-16-20-32-60(52)70(61)58-30-18-14-24-49(58)50-25-15-19-31-59(50)70;/h13-21,24-27,29-44H,5-12,22-23H2,1-4H3;/q-1;. The minimum absolute atomic E-state index is 0. The van der Waals surface area contributed by atoms with E-state index in [0.717, 1.165) is 51.7 Å². The summed E-state index contributed by atoms with van der Waals surface area (Å²) in [5.74, 6) is 1.94. The Labute approximate surface area is 456 Å². The molecule has 75 heavy (non-hydrogen) atoms. The largest absolute Gasteiger partial charge is 0.296 e. The van der Waals surface area contributed by atoms with Crippen molar-refractivity contribution in [1.82, 2.24) is 19.9 Å². The van der Waals surface area contributed by atoms with Crippen LogP contribution in [0.25, 0.3) is 89.7 Å². The first-order chi connectivity index (χ1) is 36.4. The summed E-state index contributed by atoms with van der Waals surface area (Å²) in [6.07, 6.45) is 12.0. The molecule has 0 bridgehead atoms. The van der Waals surface area contributed by atoms with Gasteiger partial charge in [-0.3, -0.25) is 4.98 Å². The Bertz CT molecular complexity index is 3680. The SMILES string of the molecule is CCCCCCc1ccc(-c2nc(-c3ccc(CCCCCC)cc3)nc(-c3cc(-c4[c-]ccc5c4-c4ccccc4C54c5ccccc5-c5ccccc54)nc4cc5c(cc34)-c3ccccc3C5(C)C)n2)cc1.[Ir]. The van der Waals surface area contributed by atoms with Gasteiger partial charge in [0.25, 0.3) is 0 Å². The van der Waals surface area contributed by atoms with E-state index in [2.05, 4.69) is 210 Å². The molecule has 0 aliphatic heterocycles. The molecule has 2 heterocycles. The molecule has 3 aliphatic rings. The Morgan fingerprint density at radius 1 is 0.413 bits per heavy atom. The van der Waals surface area contributed by atoms with E-state index >= 15 is 0 Å². The van der Waals surface area contributed by atoms with Crippen LogP contribution < -0.4 is 0 Å². The van der Waals surface area contributed by atoms with E-state index in [1.807, 2.05) is 0 Å². The smallest absolute Gasteiger partial charge is 0.164 e. The molecule has 10 aromatic rings. The van der Waals surface area contributed by atoms with Crippen molar-refractivity contribution in [2.45, 2.75) is 103 Å². The number of hydrogen-bond donors (Lipinski definition) is 0. The number of nitrogens with zero attached hydrogens (tertiary/aromatic N) is 4. The van der Waals surface area contributed by atoms with Gasteiger partial charge in [-0.25, -0.2) is 15.0 Å². The van der Waals surface area contributed by atoms with Gasteiger partial charge >= 0.3 is 0 Å². The molecule has 2 aromatic heterocycles. The predicted molar refractivity (Wildman–Crippen MR) is 305 cm³/mol. The summed E-state index contributed by atoms with van der Waals surface area (Å²) in [5.41, 5.74) is 22.8. The molecule has 1 spiro atoms. The van der Waals surface area contributed by atoms with Gasteiger partial charge in [-0.05, 0) is 105 Å². The number of rotatable bonds is 14. The monoisotopic (exact) mass is 1150 g/mol. The van der Waals surface area contributed by atoms with Crippen LogP contribution in [0.15, 0.2) is 176 Å². The predicted octanol–water partition coefficient (Wildman–Crippen LogP) is 17.8. The summed E-state index contributed by atoms with van der Waals surface area (Å²) >= 11 is 0. The normalized spacial score (nSPS) is 13.7. The van der Waals surface area contributed by atoms with E-state index < -0.39 is 5.41 Å². The van der Waals surface area contributed by atoms with Crippen LogP contribution in [0.5, 0.6) is 0 Å². The van der Waals surface area contributed by atoms with Crippen LogP contribution in [0.3, 0.4) is 0 Å². The Kier molecular flexibility index (Phi) is 12.9. The van der Waals surface area contributed by atoms with E-state index in [0.29, 0.717) is 17.5 Å². The molecule has 1 radical (unpaired) electrons. The first-order valence-electron chi connectivity index (χ1n) is 27.3. The van der Waals surface area contributed by atoms with Gasteiger partial charge in [-0.15, -0.1) is 29.3 Å². The molecular weight excluding hydrogens is 1090 g/mol. The van der Waals surface area contributed by atoms with Gasteiger partial charge < -0.3 is 0 Å². The summed E-state index contributed by atoms with van der Waals surface area (Å²) in [7, 11) is 0.